The molecule has 0 radical (unpaired) electrons. The molecule has 168 valence electrons. The van der Waals surface area contributed by atoms with E-state index in [2.05, 4.69) is 61.4 Å². The highest BCUT2D eigenvalue weighted by Crippen LogP contribution is 2.20. The molecule has 2 saturated heterocycles. The van der Waals surface area contributed by atoms with E-state index in [-0.39, 0.29) is 11.8 Å². The predicted molar refractivity (Wildman–Crippen MR) is 125 cm³/mol. The molecule has 0 bridgehead atoms. The molecule has 1 aromatic carbocycles. The molecule has 0 aromatic heterocycles. The molecule has 2 unspecified atom stereocenters. The first kappa shape index (κ1) is 21.8. The van der Waals surface area contributed by atoms with E-state index >= 15 is 0 Å². The topological polar surface area (TPSA) is 77.2 Å². The van der Waals surface area contributed by atoms with Crippen LogP contribution >= 0.6 is 0 Å². The van der Waals surface area contributed by atoms with Crippen molar-refractivity contribution >= 4 is 11.9 Å². The molecular weight excluding hydrogens is 388 g/mol. The van der Waals surface area contributed by atoms with Gasteiger partial charge in [-0.05, 0) is 36.9 Å². The van der Waals surface area contributed by atoms with E-state index in [0.29, 0.717) is 6.04 Å². The lowest BCUT2D eigenvalue weighted by atomic mass is 9.97. The molecule has 7 heteroatoms. The minimum absolute atomic E-state index is 0.0115. The van der Waals surface area contributed by atoms with E-state index in [0.717, 1.165) is 71.2 Å². The third-order valence-electron chi connectivity index (χ3n) is 6.79. The largest absolute Gasteiger partial charge is 0.369 e. The minimum atomic E-state index is -0.167. The Kier molecular flexibility index (Phi) is 7.25. The first-order valence-corrected chi connectivity index (χ1v) is 11.6. The van der Waals surface area contributed by atoms with Crippen molar-refractivity contribution in [3.05, 3.63) is 47.5 Å². The Morgan fingerprint density at radius 1 is 1.16 bits per heavy atom. The second-order valence-electron chi connectivity index (χ2n) is 9.01. The third-order valence-corrected chi connectivity index (χ3v) is 6.79. The van der Waals surface area contributed by atoms with Crippen molar-refractivity contribution in [2.75, 3.05) is 46.3 Å². The van der Waals surface area contributed by atoms with Crippen molar-refractivity contribution in [3.63, 3.8) is 0 Å². The second kappa shape index (κ2) is 10.3. The lowest BCUT2D eigenvalue weighted by Gasteiger charge is -2.31. The van der Waals surface area contributed by atoms with E-state index in [9.17, 15) is 4.79 Å². The highest BCUT2D eigenvalue weighted by Gasteiger charge is 2.29. The molecule has 0 saturated carbocycles. The standard InChI is InChI=1S/C24H36N6O/c1-26-24(30-13-9-22(18-30)29-11-2-3-12-29)27-15-19-6-4-7-20(14-19)16-28-10-5-8-21(17-28)23(25)31/h2-4,6-7,14,21-22H,5,8-13,15-18H2,1H3,(H2,25,31)(H,26,27). The normalized spacial score (nSPS) is 25.3. The van der Waals surface area contributed by atoms with Gasteiger partial charge in [-0.25, -0.2) is 0 Å². The smallest absolute Gasteiger partial charge is 0.221 e. The summed E-state index contributed by atoms with van der Waals surface area (Å²) in [5.41, 5.74) is 8.06. The van der Waals surface area contributed by atoms with Gasteiger partial charge in [0.2, 0.25) is 5.91 Å². The zero-order chi connectivity index (χ0) is 21.6. The van der Waals surface area contributed by atoms with E-state index in [1.165, 1.54) is 17.5 Å². The zero-order valence-corrected chi connectivity index (χ0v) is 18.7. The number of benzene rings is 1. The number of amides is 1. The lowest BCUT2D eigenvalue weighted by Crippen LogP contribution is -2.42. The van der Waals surface area contributed by atoms with Gasteiger partial charge in [-0.1, -0.05) is 36.4 Å². The van der Waals surface area contributed by atoms with E-state index in [1.54, 1.807) is 0 Å². The maximum absolute atomic E-state index is 11.6. The summed E-state index contributed by atoms with van der Waals surface area (Å²) < 4.78 is 0. The maximum Gasteiger partial charge on any atom is 0.221 e. The number of likely N-dealkylation sites (tertiary alicyclic amines) is 2. The van der Waals surface area contributed by atoms with Crippen LogP contribution in [0.15, 0.2) is 41.4 Å². The number of guanidine groups is 1. The summed E-state index contributed by atoms with van der Waals surface area (Å²) in [4.78, 5) is 23.4. The Labute approximate surface area is 186 Å². The van der Waals surface area contributed by atoms with Crippen molar-refractivity contribution in [1.82, 2.24) is 20.0 Å². The van der Waals surface area contributed by atoms with E-state index in [4.69, 9.17) is 5.73 Å². The number of hydrogen-bond acceptors (Lipinski definition) is 4. The molecule has 1 aromatic rings. The van der Waals surface area contributed by atoms with Gasteiger partial charge in [-0.2, -0.15) is 0 Å². The summed E-state index contributed by atoms with van der Waals surface area (Å²) in [5.74, 6) is 0.808. The number of nitrogens with two attached hydrogens (primary N) is 1. The molecule has 3 aliphatic rings. The molecule has 2 fully saturated rings. The number of nitrogens with zero attached hydrogens (tertiary/aromatic N) is 4. The van der Waals surface area contributed by atoms with Crippen molar-refractivity contribution in [1.29, 1.82) is 0 Å². The molecule has 0 aliphatic carbocycles. The summed E-state index contributed by atoms with van der Waals surface area (Å²) in [7, 11) is 1.87. The van der Waals surface area contributed by atoms with Gasteiger partial charge in [0.25, 0.3) is 0 Å². The third kappa shape index (κ3) is 5.66. The number of carbonyl (C=O) groups excluding carboxylic acids is 1. The average molecular weight is 425 g/mol. The molecule has 3 N–H and O–H groups in total. The Balaban J connectivity index is 1.29. The van der Waals surface area contributed by atoms with Crippen LogP contribution in [0.25, 0.3) is 0 Å². The summed E-state index contributed by atoms with van der Waals surface area (Å²) in [6.45, 7) is 7.67. The molecule has 2 atom stereocenters. The molecule has 0 spiro atoms. The Morgan fingerprint density at radius 2 is 1.97 bits per heavy atom. The van der Waals surface area contributed by atoms with E-state index in [1.807, 2.05) is 7.05 Å². The molecule has 3 aliphatic heterocycles. The van der Waals surface area contributed by atoms with Crippen LogP contribution < -0.4 is 11.1 Å². The number of primary amides is 1. The van der Waals surface area contributed by atoms with Gasteiger partial charge in [0.1, 0.15) is 0 Å². The SMILES string of the molecule is CN=C(NCc1cccc(CN2CCCC(C(N)=O)C2)c1)N1CCC(N2CC=CC2)C1. The van der Waals surface area contributed by atoms with Crippen LogP contribution in [-0.4, -0.2) is 78.9 Å². The van der Waals surface area contributed by atoms with Gasteiger partial charge in [0.15, 0.2) is 5.96 Å². The van der Waals surface area contributed by atoms with Gasteiger partial charge in [-0.15, -0.1) is 0 Å². The number of hydrogen-bond donors (Lipinski definition) is 2. The quantitative estimate of drug-likeness (QED) is 0.410. The first-order valence-electron chi connectivity index (χ1n) is 11.6. The number of rotatable bonds is 6. The fourth-order valence-corrected chi connectivity index (χ4v) is 5.07. The van der Waals surface area contributed by atoms with Crippen molar-refractivity contribution in [2.24, 2.45) is 16.6 Å². The molecule has 31 heavy (non-hydrogen) atoms. The Bertz CT molecular complexity index is 814. The van der Waals surface area contributed by atoms with Gasteiger partial charge in [0, 0.05) is 58.9 Å². The maximum atomic E-state index is 11.6. The Hall–Kier alpha value is -2.38. The molecule has 4 rings (SSSR count). The number of aliphatic imine (C=N–C) groups is 1. The number of piperidine rings is 1. The van der Waals surface area contributed by atoms with Crippen LogP contribution in [0.2, 0.25) is 0 Å². The first-order chi connectivity index (χ1) is 15.1. The predicted octanol–water partition coefficient (Wildman–Crippen LogP) is 1.41. The highest BCUT2D eigenvalue weighted by molar-refractivity contribution is 5.80. The summed E-state index contributed by atoms with van der Waals surface area (Å²) >= 11 is 0. The second-order valence-corrected chi connectivity index (χ2v) is 9.01. The van der Waals surface area contributed by atoms with Crippen molar-refractivity contribution in [3.8, 4) is 0 Å². The van der Waals surface area contributed by atoms with Crippen LogP contribution in [0, 0.1) is 5.92 Å². The van der Waals surface area contributed by atoms with Crippen molar-refractivity contribution in [2.45, 2.75) is 38.4 Å². The van der Waals surface area contributed by atoms with Crippen LogP contribution in [0.3, 0.4) is 0 Å². The summed E-state index contributed by atoms with van der Waals surface area (Å²) in [6, 6.07) is 9.33. The molecule has 1 amide bonds. The van der Waals surface area contributed by atoms with Gasteiger partial charge in [0.05, 0.1) is 5.92 Å². The monoisotopic (exact) mass is 424 g/mol. The van der Waals surface area contributed by atoms with Gasteiger partial charge in [-0.3, -0.25) is 19.6 Å². The van der Waals surface area contributed by atoms with Crippen molar-refractivity contribution < 1.29 is 4.79 Å². The van der Waals surface area contributed by atoms with E-state index < -0.39 is 0 Å². The summed E-state index contributed by atoms with van der Waals surface area (Å²) in [5, 5.41) is 3.56. The molecule has 3 heterocycles. The van der Waals surface area contributed by atoms with Crippen LogP contribution in [-0.2, 0) is 17.9 Å². The number of carbonyl (C=O) groups is 1. The average Bonchev–Trinajstić information content (AvgIpc) is 3.47. The van der Waals surface area contributed by atoms with Crippen LogP contribution in [0.5, 0.6) is 0 Å². The van der Waals surface area contributed by atoms with Gasteiger partial charge >= 0.3 is 0 Å². The fraction of sp³-hybridized carbons (Fsp3) is 0.583. The number of nitrogens with one attached hydrogen (secondary N) is 1. The van der Waals surface area contributed by atoms with Crippen LogP contribution in [0.4, 0.5) is 0 Å². The summed E-state index contributed by atoms with van der Waals surface area (Å²) in [6.07, 6.45) is 7.68. The fourth-order valence-electron chi connectivity index (χ4n) is 5.07. The highest BCUT2D eigenvalue weighted by atomic mass is 16.1. The molecular formula is C24H36N6O. The molecule has 7 nitrogen and oxygen atoms in total. The van der Waals surface area contributed by atoms with Gasteiger partial charge < -0.3 is 16.0 Å². The minimum Gasteiger partial charge on any atom is -0.369 e. The lowest BCUT2D eigenvalue weighted by molar-refractivity contribution is -0.123. The van der Waals surface area contributed by atoms with Crippen LogP contribution in [0.1, 0.15) is 30.4 Å². The Morgan fingerprint density at radius 3 is 2.74 bits per heavy atom. The zero-order valence-electron chi connectivity index (χ0n) is 18.7.